The summed E-state index contributed by atoms with van der Waals surface area (Å²) in [6.07, 6.45) is 2.58. The van der Waals surface area contributed by atoms with Gasteiger partial charge in [-0.1, -0.05) is 6.58 Å². The molecule has 8 nitrogen and oxygen atoms in total. The molecule has 0 fully saturated rings. The number of nitrogens with one attached hydrogen (secondary N) is 2. The van der Waals surface area contributed by atoms with Gasteiger partial charge in [0.2, 0.25) is 0 Å². The summed E-state index contributed by atoms with van der Waals surface area (Å²) >= 11 is 0. The van der Waals surface area contributed by atoms with Crippen LogP contribution in [0.25, 0.3) is 11.4 Å². The summed E-state index contributed by atoms with van der Waals surface area (Å²) in [6, 6.07) is 1.18. The highest BCUT2D eigenvalue weighted by Crippen LogP contribution is 2.42. The predicted octanol–water partition coefficient (Wildman–Crippen LogP) is 3.80. The van der Waals surface area contributed by atoms with E-state index in [0.717, 1.165) is 5.56 Å². The van der Waals surface area contributed by atoms with Crippen LogP contribution in [0.1, 0.15) is 29.2 Å². The third-order valence-electron chi connectivity index (χ3n) is 5.82. The van der Waals surface area contributed by atoms with Crippen LogP contribution in [0.4, 0.5) is 18.9 Å². The van der Waals surface area contributed by atoms with Crippen LogP contribution in [0.2, 0.25) is 0 Å². The molecule has 1 aliphatic rings. The van der Waals surface area contributed by atoms with Crippen LogP contribution in [0.3, 0.4) is 0 Å². The van der Waals surface area contributed by atoms with E-state index >= 15 is 0 Å². The number of benzene rings is 1. The molecule has 2 heterocycles. The van der Waals surface area contributed by atoms with Crippen molar-refractivity contribution in [3.8, 4) is 22.9 Å². The van der Waals surface area contributed by atoms with E-state index < -0.39 is 29.3 Å². The first-order valence-corrected chi connectivity index (χ1v) is 10.1. The van der Waals surface area contributed by atoms with Crippen LogP contribution in [-0.2, 0) is 24.7 Å². The molecule has 1 aliphatic carbocycles. The third-order valence-corrected chi connectivity index (χ3v) is 5.82. The number of methoxy groups -OCH3 is 2. The van der Waals surface area contributed by atoms with Crippen LogP contribution in [0, 0.1) is 11.6 Å². The number of carbonyl (C=O) groups is 1. The molecule has 1 atom stereocenters. The molecule has 1 aromatic carbocycles. The minimum Gasteiger partial charge on any atom is -0.494 e. The molecule has 2 aromatic heterocycles. The molecule has 0 radical (unpaired) electrons. The van der Waals surface area contributed by atoms with Gasteiger partial charge in [0.25, 0.3) is 5.91 Å². The number of ether oxygens (including phenoxy) is 2. The van der Waals surface area contributed by atoms with E-state index in [9.17, 15) is 18.0 Å². The molecule has 33 heavy (non-hydrogen) atoms. The molecule has 11 heteroatoms. The minimum atomic E-state index is -1.13. The van der Waals surface area contributed by atoms with E-state index in [1.807, 2.05) is 0 Å². The molecule has 0 aliphatic heterocycles. The second-order valence-electron chi connectivity index (χ2n) is 7.68. The Kier molecular flexibility index (Phi) is 5.88. The number of hydrogen-bond acceptors (Lipinski definition) is 5. The highest BCUT2D eigenvalue weighted by Gasteiger charge is 2.33. The number of hydrogen-bond donors (Lipinski definition) is 2. The van der Waals surface area contributed by atoms with E-state index in [4.69, 9.17) is 9.47 Å². The highest BCUT2D eigenvalue weighted by molar-refractivity contribution is 6.03. The molecule has 4 rings (SSSR count). The Bertz CT molecular complexity index is 1220. The lowest BCUT2D eigenvalue weighted by Gasteiger charge is -2.25. The van der Waals surface area contributed by atoms with Gasteiger partial charge in [-0.05, 0) is 25.2 Å². The number of fused-ring (bicyclic) bond motifs is 1. The first kappa shape index (κ1) is 22.4. The summed E-state index contributed by atoms with van der Waals surface area (Å²) in [5.74, 6) is -4.29. The molecular weight excluding hydrogens is 439 g/mol. The van der Waals surface area contributed by atoms with Gasteiger partial charge in [0, 0.05) is 29.9 Å². The zero-order valence-corrected chi connectivity index (χ0v) is 18.3. The van der Waals surface area contributed by atoms with Crippen molar-refractivity contribution in [3.05, 3.63) is 53.1 Å². The summed E-state index contributed by atoms with van der Waals surface area (Å²) in [6.45, 7) is 2.99. The van der Waals surface area contributed by atoms with Crippen LogP contribution in [0.15, 0.2) is 24.7 Å². The number of aromatic nitrogens is 4. The van der Waals surface area contributed by atoms with E-state index in [1.165, 1.54) is 31.2 Å². The number of carbonyl (C=O) groups excluding carboxylic acids is 1. The van der Waals surface area contributed by atoms with Gasteiger partial charge in [-0.25, -0.2) is 13.2 Å². The molecule has 1 unspecified atom stereocenters. The molecular formula is C22H22F3N5O3. The standard InChI is InChI=1S/C22H22F3N5O3/c1-10(23)22(31)27-14-9-26-30(2)21(14)20-12-6-5-11(7-13(12)28-29-20)17-18(24)15(32-3)8-16(33-4)19(17)25/h8-9,11H,1,5-7H2,2-4H3,(H,27,31)(H,28,29). The van der Waals surface area contributed by atoms with Crippen molar-refractivity contribution in [1.29, 1.82) is 0 Å². The summed E-state index contributed by atoms with van der Waals surface area (Å²) in [4.78, 5) is 11.8. The lowest BCUT2D eigenvalue weighted by molar-refractivity contribution is -0.114. The third kappa shape index (κ3) is 3.83. The van der Waals surface area contributed by atoms with Gasteiger partial charge >= 0.3 is 0 Å². The molecule has 2 N–H and O–H groups in total. The summed E-state index contributed by atoms with van der Waals surface area (Å²) < 4.78 is 54.8. The maximum atomic E-state index is 15.0. The van der Waals surface area contributed by atoms with Crippen molar-refractivity contribution in [3.63, 3.8) is 0 Å². The van der Waals surface area contributed by atoms with Gasteiger partial charge in [-0.15, -0.1) is 0 Å². The van der Waals surface area contributed by atoms with Crippen molar-refractivity contribution in [2.24, 2.45) is 7.05 Å². The molecule has 0 saturated carbocycles. The predicted molar refractivity (Wildman–Crippen MR) is 114 cm³/mol. The average molecular weight is 461 g/mol. The van der Waals surface area contributed by atoms with Gasteiger partial charge < -0.3 is 14.8 Å². The van der Waals surface area contributed by atoms with E-state index in [2.05, 4.69) is 27.2 Å². The fraction of sp³-hybridized carbons (Fsp3) is 0.318. The Labute approximate surface area is 187 Å². The van der Waals surface area contributed by atoms with Crippen LogP contribution in [0.5, 0.6) is 11.5 Å². The van der Waals surface area contributed by atoms with E-state index in [1.54, 1.807) is 7.05 Å². The number of halogens is 3. The van der Waals surface area contributed by atoms with Crippen molar-refractivity contribution >= 4 is 11.6 Å². The Morgan fingerprint density at radius 1 is 1.27 bits per heavy atom. The molecule has 0 saturated heterocycles. The fourth-order valence-electron chi connectivity index (χ4n) is 4.21. The van der Waals surface area contributed by atoms with Gasteiger partial charge in [0.1, 0.15) is 11.4 Å². The largest absolute Gasteiger partial charge is 0.494 e. The van der Waals surface area contributed by atoms with Gasteiger partial charge in [-0.2, -0.15) is 10.2 Å². The number of amides is 1. The second kappa shape index (κ2) is 8.64. The number of H-pyrrole nitrogens is 1. The van der Waals surface area contributed by atoms with Crippen LogP contribution < -0.4 is 14.8 Å². The van der Waals surface area contributed by atoms with Crippen molar-refractivity contribution in [2.45, 2.75) is 25.2 Å². The van der Waals surface area contributed by atoms with E-state index in [-0.39, 0.29) is 22.7 Å². The van der Waals surface area contributed by atoms with Crippen LogP contribution >= 0.6 is 0 Å². The SMILES string of the molecule is C=C(F)C(=O)Nc1cnn(C)c1-c1n[nH]c2c1CCC(c1c(F)c(OC)cc(OC)c1F)C2. The molecule has 0 spiro atoms. The fourth-order valence-corrected chi connectivity index (χ4v) is 4.21. The molecule has 1 amide bonds. The summed E-state index contributed by atoms with van der Waals surface area (Å²) in [7, 11) is 4.28. The molecule has 0 bridgehead atoms. The number of anilines is 1. The average Bonchev–Trinajstić information content (AvgIpc) is 3.36. The molecule has 174 valence electrons. The minimum absolute atomic E-state index is 0.0935. The number of rotatable bonds is 6. The van der Waals surface area contributed by atoms with Gasteiger partial charge in [0.15, 0.2) is 29.0 Å². The maximum Gasteiger partial charge on any atom is 0.283 e. The zero-order chi connectivity index (χ0) is 23.9. The summed E-state index contributed by atoms with van der Waals surface area (Å²) in [5, 5.41) is 13.9. The lowest BCUT2D eigenvalue weighted by atomic mass is 9.81. The monoisotopic (exact) mass is 461 g/mol. The van der Waals surface area contributed by atoms with Crippen molar-refractivity contribution < 1.29 is 27.4 Å². The van der Waals surface area contributed by atoms with Crippen LogP contribution in [-0.4, -0.2) is 40.1 Å². The number of nitrogens with zero attached hydrogens (tertiary/aromatic N) is 3. The Hall–Kier alpha value is -3.76. The normalized spacial score (nSPS) is 15.2. The summed E-state index contributed by atoms with van der Waals surface area (Å²) in [5.41, 5.74) is 2.71. The van der Waals surface area contributed by atoms with E-state index in [0.29, 0.717) is 36.3 Å². The van der Waals surface area contributed by atoms with Crippen molar-refractivity contribution in [1.82, 2.24) is 20.0 Å². The first-order chi connectivity index (χ1) is 15.8. The number of aryl methyl sites for hydroxylation is 1. The zero-order valence-electron chi connectivity index (χ0n) is 18.3. The topological polar surface area (TPSA) is 94.1 Å². The second-order valence-corrected chi connectivity index (χ2v) is 7.68. The van der Waals surface area contributed by atoms with Gasteiger partial charge in [-0.3, -0.25) is 14.6 Å². The number of aromatic amines is 1. The van der Waals surface area contributed by atoms with Gasteiger partial charge in [0.05, 0.1) is 26.1 Å². The van der Waals surface area contributed by atoms with Crippen molar-refractivity contribution in [2.75, 3.05) is 19.5 Å². The maximum absolute atomic E-state index is 15.0. The molecule has 3 aromatic rings. The highest BCUT2D eigenvalue weighted by atomic mass is 19.1. The Balaban J connectivity index is 1.70. The lowest BCUT2D eigenvalue weighted by Crippen LogP contribution is -2.17. The smallest absolute Gasteiger partial charge is 0.283 e. The Morgan fingerprint density at radius 3 is 2.55 bits per heavy atom. The Morgan fingerprint density at radius 2 is 1.94 bits per heavy atom. The first-order valence-electron chi connectivity index (χ1n) is 10.1. The quantitative estimate of drug-likeness (QED) is 0.545.